The Kier molecular flexibility index (Phi) is 5.41. The van der Waals surface area contributed by atoms with Crippen molar-refractivity contribution in [2.75, 3.05) is 18.0 Å². The SMILES string of the molecule is NC(=O)[C@@H]1CCCN(c2ccc(CNC(=O)c3ccccc3O)cc2)C1. The number of phenols is 1. The molecule has 1 heterocycles. The van der Waals surface area contributed by atoms with Crippen LogP contribution >= 0.6 is 0 Å². The van der Waals surface area contributed by atoms with E-state index in [1.807, 2.05) is 24.3 Å². The first-order chi connectivity index (χ1) is 12.5. The van der Waals surface area contributed by atoms with Gasteiger partial charge in [0.2, 0.25) is 5.91 Å². The van der Waals surface area contributed by atoms with Gasteiger partial charge in [-0.3, -0.25) is 9.59 Å². The van der Waals surface area contributed by atoms with Crippen molar-refractivity contribution in [2.45, 2.75) is 19.4 Å². The number of phenolic OH excluding ortho intramolecular Hbond substituents is 1. The number of piperidine rings is 1. The van der Waals surface area contributed by atoms with Crippen LogP contribution in [0.1, 0.15) is 28.8 Å². The molecule has 1 aliphatic rings. The molecule has 0 bridgehead atoms. The number of nitrogens with two attached hydrogens (primary N) is 1. The van der Waals surface area contributed by atoms with Gasteiger partial charge in [0.05, 0.1) is 11.5 Å². The van der Waals surface area contributed by atoms with Crippen molar-refractivity contribution in [1.29, 1.82) is 0 Å². The minimum atomic E-state index is -0.312. The fourth-order valence-corrected chi connectivity index (χ4v) is 3.21. The number of nitrogens with zero attached hydrogens (tertiary/aromatic N) is 1. The number of carbonyl (C=O) groups is 2. The minimum Gasteiger partial charge on any atom is -0.507 e. The Labute approximate surface area is 152 Å². The van der Waals surface area contributed by atoms with Gasteiger partial charge in [-0.2, -0.15) is 0 Å². The summed E-state index contributed by atoms with van der Waals surface area (Å²) in [6, 6.07) is 14.3. The van der Waals surface area contributed by atoms with E-state index in [2.05, 4.69) is 10.2 Å². The van der Waals surface area contributed by atoms with Gasteiger partial charge in [-0.05, 0) is 42.7 Å². The van der Waals surface area contributed by atoms with Gasteiger partial charge < -0.3 is 21.1 Å². The summed E-state index contributed by atoms with van der Waals surface area (Å²) in [5, 5.41) is 12.5. The maximum absolute atomic E-state index is 12.1. The number of anilines is 1. The van der Waals surface area contributed by atoms with Crippen LogP contribution in [0.2, 0.25) is 0 Å². The average Bonchev–Trinajstić information content (AvgIpc) is 2.67. The summed E-state index contributed by atoms with van der Waals surface area (Å²) in [5.41, 5.74) is 7.70. The normalized spacial score (nSPS) is 16.9. The van der Waals surface area contributed by atoms with E-state index in [0.29, 0.717) is 13.1 Å². The standard InChI is InChI=1S/C20H23N3O3/c21-19(25)15-4-3-11-23(13-15)16-9-7-14(8-10-16)12-22-20(26)17-5-1-2-6-18(17)24/h1-2,5-10,15,24H,3-4,11-13H2,(H2,21,25)(H,22,26)/t15-/m1/s1. The van der Waals surface area contributed by atoms with E-state index < -0.39 is 0 Å². The Morgan fingerprint density at radius 3 is 2.58 bits per heavy atom. The average molecular weight is 353 g/mol. The van der Waals surface area contributed by atoms with Crippen LogP contribution in [0, 0.1) is 5.92 Å². The highest BCUT2D eigenvalue weighted by atomic mass is 16.3. The largest absolute Gasteiger partial charge is 0.507 e. The topological polar surface area (TPSA) is 95.7 Å². The van der Waals surface area contributed by atoms with Crippen LogP contribution in [0.5, 0.6) is 5.75 Å². The maximum Gasteiger partial charge on any atom is 0.255 e. The van der Waals surface area contributed by atoms with Gasteiger partial charge in [0.25, 0.3) is 5.91 Å². The number of nitrogens with one attached hydrogen (secondary N) is 1. The van der Waals surface area contributed by atoms with Crippen molar-refractivity contribution in [2.24, 2.45) is 11.7 Å². The van der Waals surface area contributed by atoms with Gasteiger partial charge >= 0.3 is 0 Å². The van der Waals surface area contributed by atoms with Crippen LogP contribution in [-0.2, 0) is 11.3 Å². The molecule has 1 saturated heterocycles. The molecule has 0 unspecified atom stereocenters. The highest BCUT2D eigenvalue weighted by Crippen LogP contribution is 2.23. The first-order valence-corrected chi connectivity index (χ1v) is 8.74. The molecule has 6 heteroatoms. The molecule has 0 aromatic heterocycles. The van der Waals surface area contributed by atoms with E-state index in [9.17, 15) is 14.7 Å². The van der Waals surface area contributed by atoms with Gasteiger partial charge in [0.1, 0.15) is 5.75 Å². The van der Waals surface area contributed by atoms with Crippen LogP contribution in [0.3, 0.4) is 0 Å². The van der Waals surface area contributed by atoms with Gasteiger partial charge in [0, 0.05) is 25.3 Å². The molecule has 0 saturated carbocycles. The lowest BCUT2D eigenvalue weighted by atomic mass is 9.97. The Balaban J connectivity index is 1.59. The van der Waals surface area contributed by atoms with Gasteiger partial charge in [-0.15, -0.1) is 0 Å². The third kappa shape index (κ3) is 4.14. The third-order valence-electron chi connectivity index (χ3n) is 4.73. The van der Waals surface area contributed by atoms with Crippen LogP contribution in [0.4, 0.5) is 5.69 Å². The second-order valence-corrected chi connectivity index (χ2v) is 6.55. The number of amides is 2. The smallest absolute Gasteiger partial charge is 0.255 e. The molecule has 6 nitrogen and oxygen atoms in total. The Bertz CT molecular complexity index is 789. The van der Waals surface area contributed by atoms with Crippen LogP contribution in [0.25, 0.3) is 0 Å². The van der Waals surface area contributed by atoms with E-state index in [1.165, 1.54) is 6.07 Å². The molecule has 136 valence electrons. The minimum absolute atomic E-state index is 0.0329. The highest BCUT2D eigenvalue weighted by molar-refractivity contribution is 5.96. The molecule has 4 N–H and O–H groups in total. The van der Waals surface area contributed by atoms with Crippen molar-refractivity contribution >= 4 is 17.5 Å². The first-order valence-electron chi connectivity index (χ1n) is 8.74. The fourth-order valence-electron chi connectivity index (χ4n) is 3.21. The fraction of sp³-hybridized carbons (Fsp3) is 0.300. The predicted molar refractivity (Wildman–Crippen MR) is 99.9 cm³/mol. The Morgan fingerprint density at radius 1 is 1.15 bits per heavy atom. The number of aromatic hydroxyl groups is 1. The molecular formula is C20H23N3O3. The number of rotatable bonds is 5. The summed E-state index contributed by atoms with van der Waals surface area (Å²) in [4.78, 5) is 25.7. The van der Waals surface area contributed by atoms with E-state index in [1.54, 1.807) is 18.2 Å². The van der Waals surface area contributed by atoms with Crippen molar-refractivity contribution in [3.05, 3.63) is 59.7 Å². The summed E-state index contributed by atoms with van der Waals surface area (Å²) < 4.78 is 0. The Morgan fingerprint density at radius 2 is 1.88 bits per heavy atom. The molecule has 0 aliphatic carbocycles. The van der Waals surface area contributed by atoms with E-state index in [0.717, 1.165) is 30.6 Å². The second kappa shape index (κ2) is 7.91. The van der Waals surface area contributed by atoms with Crippen LogP contribution in [0.15, 0.2) is 48.5 Å². The number of primary amides is 1. The van der Waals surface area contributed by atoms with Crippen molar-refractivity contribution in [1.82, 2.24) is 5.32 Å². The number of benzene rings is 2. The molecule has 1 fully saturated rings. The predicted octanol–water partition coefficient (Wildman–Crippen LogP) is 2.02. The van der Waals surface area contributed by atoms with Crippen LogP contribution in [-0.4, -0.2) is 30.0 Å². The molecule has 0 radical (unpaired) electrons. The van der Waals surface area contributed by atoms with E-state index in [-0.39, 0.29) is 29.0 Å². The van der Waals surface area contributed by atoms with Gasteiger partial charge in [0.15, 0.2) is 0 Å². The molecular weight excluding hydrogens is 330 g/mol. The summed E-state index contributed by atoms with van der Waals surface area (Å²) >= 11 is 0. The number of hydrogen-bond donors (Lipinski definition) is 3. The lowest BCUT2D eigenvalue weighted by Gasteiger charge is -2.33. The highest BCUT2D eigenvalue weighted by Gasteiger charge is 2.24. The number of para-hydroxylation sites is 1. The zero-order chi connectivity index (χ0) is 18.5. The number of hydrogen-bond acceptors (Lipinski definition) is 4. The lowest BCUT2D eigenvalue weighted by Crippen LogP contribution is -2.41. The monoisotopic (exact) mass is 353 g/mol. The molecule has 3 rings (SSSR count). The number of carbonyl (C=O) groups excluding carboxylic acids is 2. The van der Waals surface area contributed by atoms with Gasteiger partial charge in [-0.1, -0.05) is 24.3 Å². The van der Waals surface area contributed by atoms with Crippen molar-refractivity contribution < 1.29 is 14.7 Å². The molecule has 2 aromatic rings. The molecule has 1 atom stereocenters. The summed E-state index contributed by atoms with van der Waals surface area (Å²) in [6.45, 7) is 1.93. The maximum atomic E-state index is 12.1. The summed E-state index contributed by atoms with van der Waals surface area (Å²) in [7, 11) is 0. The second-order valence-electron chi connectivity index (χ2n) is 6.55. The molecule has 0 spiro atoms. The molecule has 1 aliphatic heterocycles. The summed E-state index contributed by atoms with van der Waals surface area (Å²) in [5.74, 6) is -0.679. The lowest BCUT2D eigenvalue weighted by molar-refractivity contribution is -0.122. The molecule has 2 amide bonds. The van der Waals surface area contributed by atoms with Crippen LogP contribution < -0.4 is 16.0 Å². The van der Waals surface area contributed by atoms with Gasteiger partial charge in [-0.25, -0.2) is 0 Å². The van der Waals surface area contributed by atoms with Crippen molar-refractivity contribution in [3.63, 3.8) is 0 Å². The van der Waals surface area contributed by atoms with E-state index >= 15 is 0 Å². The quantitative estimate of drug-likeness (QED) is 0.766. The summed E-state index contributed by atoms with van der Waals surface area (Å²) in [6.07, 6.45) is 1.80. The molecule has 2 aromatic carbocycles. The van der Waals surface area contributed by atoms with Crippen molar-refractivity contribution in [3.8, 4) is 5.75 Å². The zero-order valence-electron chi connectivity index (χ0n) is 14.5. The first kappa shape index (κ1) is 17.8. The van der Waals surface area contributed by atoms with E-state index in [4.69, 9.17) is 5.73 Å². The zero-order valence-corrected chi connectivity index (χ0v) is 14.5. The Hall–Kier alpha value is -3.02. The third-order valence-corrected chi connectivity index (χ3v) is 4.73. The molecule has 26 heavy (non-hydrogen) atoms.